The second-order valence-corrected chi connectivity index (χ2v) is 12.9. The Morgan fingerprint density at radius 3 is 2.67 bits per heavy atom. The Kier molecular flexibility index (Phi) is 9.23. The average Bonchev–Trinajstić information content (AvgIpc) is 3.57. The number of ether oxygens (including phenoxy) is 1. The summed E-state index contributed by atoms with van der Waals surface area (Å²) in [5.74, 6) is -0.251. The molecule has 13 heteroatoms. The van der Waals surface area contributed by atoms with Gasteiger partial charge in [0.2, 0.25) is 11.8 Å². The SMILES string of the molecule is CC(=O)c1nn(CC(=O)N2C[C@@]3(F)COCCCCCCc4ccc(Br)nc4NC(=O)[C@@H]2C3)c2ccc(-c3cnc(C)nc3)cc12. The lowest BCUT2D eigenvalue weighted by atomic mass is 10.0. The van der Waals surface area contributed by atoms with Crippen LogP contribution in [0, 0.1) is 6.92 Å². The van der Waals surface area contributed by atoms with Gasteiger partial charge in [-0.3, -0.25) is 19.1 Å². The number of hydrogen-bond donors (Lipinski definition) is 1. The van der Waals surface area contributed by atoms with Crippen molar-refractivity contribution in [2.75, 3.05) is 25.1 Å². The van der Waals surface area contributed by atoms with E-state index in [9.17, 15) is 14.4 Å². The van der Waals surface area contributed by atoms with Crippen LogP contribution >= 0.6 is 15.9 Å². The highest BCUT2D eigenvalue weighted by Crippen LogP contribution is 2.34. The minimum absolute atomic E-state index is 0.205. The number of rotatable bonds is 4. The molecule has 0 unspecified atom stereocenters. The van der Waals surface area contributed by atoms with Gasteiger partial charge in [0, 0.05) is 43.3 Å². The first-order chi connectivity index (χ1) is 22.1. The van der Waals surface area contributed by atoms with Gasteiger partial charge in [0.1, 0.15) is 34.5 Å². The summed E-state index contributed by atoms with van der Waals surface area (Å²) >= 11 is 3.38. The van der Waals surface area contributed by atoms with Crippen molar-refractivity contribution in [1.29, 1.82) is 0 Å². The van der Waals surface area contributed by atoms with Gasteiger partial charge in [-0.25, -0.2) is 19.3 Å². The van der Waals surface area contributed by atoms with Crippen LogP contribution in [-0.2, 0) is 27.3 Å². The third-order valence-corrected chi connectivity index (χ3v) is 8.97. The summed E-state index contributed by atoms with van der Waals surface area (Å²) in [5.41, 5.74) is 1.29. The summed E-state index contributed by atoms with van der Waals surface area (Å²) in [5, 5.41) is 7.93. The summed E-state index contributed by atoms with van der Waals surface area (Å²) < 4.78 is 24.0. The molecule has 4 aromatic rings. The Hall–Kier alpha value is -4.10. The standard InChI is InChI=1S/C33H35BrFN7O4/c1-20(43)30-25-13-23(24-15-36-21(2)37-16-24)8-10-26(25)42(40-30)17-29(44)41-18-33(35)14-27(41)32(45)39-31-22(9-11-28(34)38-31)7-5-3-4-6-12-46-19-33/h8-11,13,15-16,27H,3-7,12,14,17-19H2,1-2H3,(H,38,39,45)/t27-,33+/m0/s1. The van der Waals surface area contributed by atoms with E-state index in [0.29, 0.717) is 33.8 Å². The zero-order valence-electron chi connectivity index (χ0n) is 25.8. The highest BCUT2D eigenvalue weighted by molar-refractivity contribution is 9.10. The Morgan fingerprint density at radius 2 is 1.89 bits per heavy atom. The number of hydrogen-bond acceptors (Lipinski definition) is 8. The van der Waals surface area contributed by atoms with Crippen LogP contribution in [0.3, 0.4) is 0 Å². The van der Waals surface area contributed by atoms with Crippen molar-refractivity contribution in [3.8, 4) is 11.1 Å². The van der Waals surface area contributed by atoms with Gasteiger partial charge in [0.25, 0.3) is 0 Å². The molecule has 0 aliphatic carbocycles. The number of fused-ring (bicyclic) bond motifs is 4. The molecule has 1 saturated heterocycles. The number of likely N-dealkylation sites (tertiary alicyclic amines) is 1. The molecule has 2 aliphatic rings. The van der Waals surface area contributed by atoms with E-state index in [1.54, 1.807) is 25.4 Å². The normalized spacial score (nSPS) is 20.9. The molecule has 0 saturated carbocycles. The van der Waals surface area contributed by atoms with E-state index < -0.39 is 23.5 Å². The molecule has 0 radical (unpaired) electrons. The highest BCUT2D eigenvalue weighted by Gasteiger charge is 2.50. The van der Waals surface area contributed by atoms with Crippen LogP contribution in [0.2, 0.25) is 0 Å². The summed E-state index contributed by atoms with van der Waals surface area (Å²) in [4.78, 5) is 54.6. The predicted octanol–water partition coefficient (Wildman–Crippen LogP) is 5.24. The van der Waals surface area contributed by atoms with Crippen molar-refractivity contribution in [3.05, 3.63) is 64.4 Å². The van der Waals surface area contributed by atoms with E-state index in [0.717, 1.165) is 48.8 Å². The van der Waals surface area contributed by atoms with Gasteiger partial charge >= 0.3 is 0 Å². The van der Waals surface area contributed by atoms with E-state index in [4.69, 9.17) is 4.74 Å². The number of anilines is 1. The number of aryl methyl sites for hydroxylation is 2. The third kappa shape index (κ3) is 6.85. The number of aromatic nitrogens is 5. The maximum atomic E-state index is 16.3. The lowest BCUT2D eigenvalue weighted by molar-refractivity contribution is -0.137. The largest absolute Gasteiger partial charge is 0.378 e. The third-order valence-electron chi connectivity index (χ3n) is 8.53. The molecule has 1 fully saturated rings. The Balaban J connectivity index is 1.30. The van der Waals surface area contributed by atoms with Crippen molar-refractivity contribution in [1.82, 2.24) is 29.6 Å². The molecule has 46 heavy (non-hydrogen) atoms. The number of alkyl halides is 1. The number of Topliss-reactive ketones (excluding diaryl/α,β-unsaturated/α-hetero) is 1. The average molecular weight is 693 g/mol. The van der Waals surface area contributed by atoms with E-state index in [1.165, 1.54) is 16.5 Å². The summed E-state index contributed by atoms with van der Waals surface area (Å²) in [7, 11) is 0. The predicted molar refractivity (Wildman–Crippen MR) is 173 cm³/mol. The number of ketones is 1. The maximum absolute atomic E-state index is 16.3. The first-order valence-corrected chi connectivity index (χ1v) is 16.2. The van der Waals surface area contributed by atoms with Gasteiger partial charge in [-0.15, -0.1) is 0 Å². The van der Waals surface area contributed by atoms with Crippen LogP contribution in [-0.4, -0.2) is 78.7 Å². The molecule has 2 amide bonds. The quantitative estimate of drug-likeness (QED) is 0.227. The number of amides is 2. The van der Waals surface area contributed by atoms with Gasteiger partial charge in [-0.05, 0) is 71.4 Å². The van der Waals surface area contributed by atoms with Crippen molar-refractivity contribution < 1.29 is 23.5 Å². The fourth-order valence-corrected chi connectivity index (χ4v) is 6.45. The topological polar surface area (TPSA) is 132 Å². The number of nitrogens with one attached hydrogen (secondary N) is 1. The summed E-state index contributed by atoms with van der Waals surface area (Å²) in [6.45, 7) is 2.80. The number of benzene rings is 1. The van der Waals surface area contributed by atoms with E-state index in [1.807, 2.05) is 24.3 Å². The Bertz CT molecular complexity index is 1800. The van der Waals surface area contributed by atoms with Gasteiger partial charge in [-0.1, -0.05) is 25.0 Å². The van der Waals surface area contributed by atoms with Gasteiger partial charge < -0.3 is 15.0 Å². The number of carbonyl (C=O) groups is 3. The lowest BCUT2D eigenvalue weighted by Crippen LogP contribution is -2.45. The zero-order chi connectivity index (χ0) is 32.4. The van der Waals surface area contributed by atoms with Gasteiger partial charge in [0.15, 0.2) is 11.5 Å². The van der Waals surface area contributed by atoms with E-state index in [-0.39, 0.29) is 37.6 Å². The van der Waals surface area contributed by atoms with Gasteiger partial charge in [-0.2, -0.15) is 5.10 Å². The molecule has 1 N–H and O–H groups in total. The fraction of sp³-hybridized carbons (Fsp3) is 0.424. The molecule has 6 rings (SSSR count). The summed E-state index contributed by atoms with van der Waals surface area (Å²) in [6, 6.07) is 8.09. The van der Waals surface area contributed by atoms with Crippen LogP contribution in [0.25, 0.3) is 22.0 Å². The molecule has 2 bridgehead atoms. The second kappa shape index (κ2) is 13.3. The maximum Gasteiger partial charge on any atom is 0.248 e. The molecule has 2 aliphatic heterocycles. The van der Waals surface area contributed by atoms with Crippen LogP contribution in [0.5, 0.6) is 0 Å². The molecule has 2 atom stereocenters. The van der Waals surface area contributed by atoms with Crippen LogP contribution in [0.15, 0.2) is 47.3 Å². The fourth-order valence-electron chi connectivity index (χ4n) is 6.14. The smallest absolute Gasteiger partial charge is 0.248 e. The van der Waals surface area contributed by atoms with Crippen LogP contribution in [0.4, 0.5) is 10.2 Å². The minimum atomic E-state index is -1.91. The number of halogens is 2. The molecule has 240 valence electrons. The molecule has 1 aromatic carbocycles. The number of nitrogens with zero attached hydrogens (tertiary/aromatic N) is 6. The monoisotopic (exact) mass is 691 g/mol. The molecule has 0 spiro atoms. The zero-order valence-corrected chi connectivity index (χ0v) is 27.3. The molecule has 3 aromatic heterocycles. The van der Waals surface area contributed by atoms with E-state index in [2.05, 4.69) is 41.3 Å². The Labute approximate surface area is 274 Å². The first-order valence-electron chi connectivity index (χ1n) is 15.4. The van der Waals surface area contributed by atoms with Crippen molar-refractivity contribution in [2.45, 2.75) is 70.6 Å². The van der Waals surface area contributed by atoms with Crippen molar-refractivity contribution in [2.24, 2.45) is 0 Å². The van der Waals surface area contributed by atoms with Crippen LogP contribution < -0.4 is 5.32 Å². The van der Waals surface area contributed by atoms with Crippen molar-refractivity contribution >= 4 is 50.2 Å². The molecule has 5 heterocycles. The van der Waals surface area contributed by atoms with Gasteiger partial charge in [0.05, 0.1) is 18.7 Å². The molecular formula is C33H35BrFN7O4. The number of pyridine rings is 1. The Morgan fingerprint density at radius 1 is 1.11 bits per heavy atom. The lowest BCUT2D eigenvalue weighted by Gasteiger charge is -2.24. The highest BCUT2D eigenvalue weighted by atomic mass is 79.9. The molecule has 11 nitrogen and oxygen atoms in total. The minimum Gasteiger partial charge on any atom is -0.378 e. The molecular weight excluding hydrogens is 657 g/mol. The summed E-state index contributed by atoms with van der Waals surface area (Å²) in [6.07, 6.45) is 7.55. The van der Waals surface area contributed by atoms with E-state index >= 15 is 4.39 Å². The second-order valence-electron chi connectivity index (χ2n) is 12.1. The first kappa shape index (κ1) is 31.9. The number of carbonyl (C=O) groups excluding carboxylic acids is 3. The van der Waals surface area contributed by atoms with Crippen molar-refractivity contribution in [3.63, 3.8) is 0 Å². The van der Waals surface area contributed by atoms with Crippen LogP contribution in [0.1, 0.15) is 60.9 Å².